The van der Waals surface area contributed by atoms with E-state index in [-0.39, 0.29) is 42.6 Å². The number of rotatable bonds is 22. The van der Waals surface area contributed by atoms with Crippen LogP contribution in [-0.2, 0) is 48.4 Å². The molecule has 3 amide bonds. The van der Waals surface area contributed by atoms with Gasteiger partial charge in [0.25, 0.3) is 0 Å². The number of fused-ring (bicyclic) bond motifs is 1. The summed E-state index contributed by atoms with van der Waals surface area (Å²) in [6.07, 6.45) is 9.65. The molecule has 4 atom stereocenters. The van der Waals surface area contributed by atoms with Crippen LogP contribution in [-0.4, -0.2) is 148 Å². The number of aryl methyl sites for hydroxylation is 4. The van der Waals surface area contributed by atoms with E-state index in [0.29, 0.717) is 84.0 Å². The maximum Gasteiger partial charge on any atom is 0.304 e. The molecule has 0 saturated carbocycles. The fourth-order valence-electron chi connectivity index (χ4n) is 10.2. The fraction of sp³-hybridized carbons (Fsp3) is 0.633. The predicted octanol–water partition coefficient (Wildman–Crippen LogP) is 5.80. The van der Waals surface area contributed by atoms with Gasteiger partial charge in [-0.25, -0.2) is 9.67 Å². The number of pyridine rings is 1. The van der Waals surface area contributed by atoms with E-state index in [1.165, 1.54) is 12.2 Å². The zero-order valence-electron chi connectivity index (χ0n) is 39.8. The van der Waals surface area contributed by atoms with Crippen LogP contribution < -0.4 is 15.5 Å². The molecule has 1 unspecified atom stereocenters. The number of nitrogens with zero attached hydrogens (tertiary/aromatic N) is 7. The number of unbranched alkanes of at least 4 members (excludes halogenated alkanes) is 2. The highest BCUT2D eigenvalue weighted by Gasteiger charge is 2.30. The number of carboxylic acid groups (broad SMARTS) is 1. The van der Waals surface area contributed by atoms with E-state index in [1.54, 1.807) is 4.90 Å². The lowest BCUT2D eigenvalue weighted by Gasteiger charge is -2.37. The van der Waals surface area contributed by atoms with Gasteiger partial charge in [0.1, 0.15) is 5.82 Å². The van der Waals surface area contributed by atoms with Gasteiger partial charge < -0.3 is 44.8 Å². The summed E-state index contributed by atoms with van der Waals surface area (Å²) in [6, 6.07) is 12.8. The van der Waals surface area contributed by atoms with Gasteiger partial charge in [-0.3, -0.25) is 19.2 Å². The van der Waals surface area contributed by atoms with Crippen molar-refractivity contribution in [2.24, 2.45) is 5.92 Å². The Kier molecular flexibility index (Phi) is 17.9. The first-order valence-electron chi connectivity index (χ1n) is 24.6. The van der Waals surface area contributed by atoms with Gasteiger partial charge in [-0.15, -0.1) is 0 Å². The number of anilines is 2. The predicted molar refractivity (Wildman–Crippen MR) is 265 cm³/mol. The average molecular weight is 962 g/mol. The maximum atomic E-state index is 13.3. The van der Waals surface area contributed by atoms with Crippen molar-refractivity contribution in [3.8, 4) is 5.69 Å². The van der Waals surface area contributed by atoms with Crippen molar-refractivity contribution in [1.82, 2.24) is 34.8 Å². The number of aromatic nitrogens is 3. The molecule has 1 aromatic carbocycles. The minimum absolute atomic E-state index is 0.0246. The lowest BCUT2D eigenvalue weighted by molar-refractivity contribution is -0.137. The zero-order valence-corrected chi connectivity index (χ0v) is 41.5. The Labute approximate surface area is 401 Å². The van der Waals surface area contributed by atoms with Gasteiger partial charge in [0.15, 0.2) is 6.49 Å². The SMILES string of the molecule is Cc1cc(C)n(-c2cc([C@@H](CC(=O)O)CN3CC[C@@H](CCc4ccc5c(n4)NCCC5)C3)cc(N3CCN(C(=O)CCCC(=O)NCCCCCC(=O)N4CC[C@@H](OP(C)(O)=S)C4)CC3)c2)n1. The second-order valence-electron chi connectivity index (χ2n) is 19.3. The molecule has 3 fully saturated rings. The third kappa shape index (κ3) is 15.0. The van der Waals surface area contributed by atoms with E-state index in [2.05, 4.69) is 50.8 Å². The molecule has 6 heterocycles. The molecule has 0 bridgehead atoms. The number of carboxylic acids is 1. The van der Waals surface area contributed by atoms with Gasteiger partial charge in [-0.1, -0.05) is 12.5 Å². The molecule has 0 aliphatic carbocycles. The largest absolute Gasteiger partial charge is 0.481 e. The Morgan fingerprint density at radius 2 is 1.69 bits per heavy atom. The number of benzene rings is 1. The summed E-state index contributed by atoms with van der Waals surface area (Å²) < 4.78 is 7.47. The number of piperazine rings is 1. The molecule has 2 aromatic heterocycles. The van der Waals surface area contributed by atoms with Crippen LogP contribution in [0.4, 0.5) is 11.5 Å². The minimum Gasteiger partial charge on any atom is -0.481 e. The fourth-order valence-corrected chi connectivity index (χ4v) is 11.3. The summed E-state index contributed by atoms with van der Waals surface area (Å²) in [5.74, 6) is 0.592. The minimum atomic E-state index is -2.75. The number of hydrogen-bond acceptors (Lipinski definition) is 11. The van der Waals surface area contributed by atoms with Gasteiger partial charge in [0, 0.05) is 114 Å². The van der Waals surface area contributed by atoms with Crippen LogP contribution in [0.5, 0.6) is 0 Å². The molecule has 3 saturated heterocycles. The number of carbonyl (C=O) groups is 4. The van der Waals surface area contributed by atoms with E-state index in [0.717, 1.165) is 111 Å². The maximum absolute atomic E-state index is 13.3. The lowest BCUT2D eigenvalue weighted by Crippen LogP contribution is -2.48. The van der Waals surface area contributed by atoms with Crippen LogP contribution in [0.2, 0.25) is 0 Å². The topological polar surface area (TPSA) is 186 Å². The van der Waals surface area contributed by atoms with Gasteiger partial charge >= 0.3 is 5.97 Å². The summed E-state index contributed by atoms with van der Waals surface area (Å²) in [6.45, 7) is 10.3. The first-order valence-corrected chi connectivity index (χ1v) is 27.7. The number of aliphatic carboxylic acids is 1. The summed E-state index contributed by atoms with van der Waals surface area (Å²) in [4.78, 5) is 74.0. The molecule has 3 aromatic rings. The third-order valence-corrected chi connectivity index (χ3v) is 14.7. The van der Waals surface area contributed by atoms with E-state index in [4.69, 9.17) is 26.4 Å². The molecule has 67 heavy (non-hydrogen) atoms. The van der Waals surface area contributed by atoms with Crippen molar-refractivity contribution < 1.29 is 33.7 Å². The van der Waals surface area contributed by atoms with Gasteiger partial charge in [-0.2, -0.15) is 5.10 Å². The van der Waals surface area contributed by atoms with Gasteiger partial charge in [0.05, 0.1) is 23.9 Å². The Balaban J connectivity index is 0.861. The van der Waals surface area contributed by atoms with Gasteiger partial charge in [0.2, 0.25) is 17.7 Å². The molecule has 0 radical (unpaired) electrons. The molecule has 4 N–H and O–H groups in total. The van der Waals surface area contributed by atoms with Crippen LogP contribution in [0.3, 0.4) is 0 Å². The standard InChI is InChI=1S/C49H72N9O7PS/c1-35-27-36(2)58(53-35)43-29-39(40(30-48(62)63)33-54-21-17-37(32-54)13-15-41-16-14-38-9-8-20-51-49(38)52-41)28-42(31-43)55-23-25-56(26-24-55)46(60)12-7-10-45(59)50-19-6-4-5-11-47(61)57-22-18-44(34-57)65-66(3,64)67/h14,16,27-29,31,37,40,44H,4-13,15,17-26,30,32-34H2,1-3H3,(H,50,59)(H,51,52)(H,62,63)(H,64,67)/t37-,40+,44-,66?/m1/s1. The summed E-state index contributed by atoms with van der Waals surface area (Å²) in [7, 11) is 0. The van der Waals surface area contributed by atoms with E-state index in [9.17, 15) is 29.2 Å². The Morgan fingerprint density at radius 1 is 0.910 bits per heavy atom. The Morgan fingerprint density at radius 3 is 2.45 bits per heavy atom. The highest BCUT2D eigenvalue weighted by Crippen LogP contribution is 2.40. The average Bonchev–Trinajstić information content (AvgIpc) is 4.05. The molecule has 366 valence electrons. The summed E-state index contributed by atoms with van der Waals surface area (Å²) >= 11 is 4.98. The quantitative estimate of drug-likeness (QED) is 0.0701. The molecule has 7 rings (SSSR count). The van der Waals surface area contributed by atoms with Crippen LogP contribution in [0.25, 0.3) is 5.69 Å². The number of amides is 3. The number of carbonyl (C=O) groups excluding carboxylic acids is 3. The second kappa shape index (κ2) is 23.7. The molecule has 16 nitrogen and oxygen atoms in total. The number of nitrogens with one attached hydrogen (secondary N) is 2. The summed E-state index contributed by atoms with van der Waals surface area (Å²) in [5.41, 5.74) is 7.22. The zero-order chi connectivity index (χ0) is 47.5. The second-order valence-corrected chi connectivity index (χ2v) is 23.1. The molecule has 0 spiro atoms. The molecular formula is C49H72N9O7PS. The van der Waals surface area contributed by atoms with Crippen LogP contribution >= 0.6 is 6.49 Å². The van der Waals surface area contributed by atoms with Crippen molar-refractivity contribution in [3.63, 3.8) is 0 Å². The molecule has 18 heteroatoms. The first-order chi connectivity index (χ1) is 32.2. The smallest absolute Gasteiger partial charge is 0.304 e. The van der Waals surface area contributed by atoms with Crippen LogP contribution in [0, 0.1) is 19.8 Å². The van der Waals surface area contributed by atoms with Crippen molar-refractivity contribution in [3.05, 3.63) is 64.6 Å². The van der Waals surface area contributed by atoms with Crippen molar-refractivity contribution in [2.45, 2.75) is 116 Å². The van der Waals surface area contributed by atoms with Crippen molar-refractivity contribution in [1.29, 1.82) is 0 Å². The molecule has 4 aliphatic rings. The molecular weight excluding hydrogens is 890 g/mol. The normalized spacial score (nSPS) is 20.0. The van der Waals surface area contributed by atoms with Crippen LogP contribution in [0.1, 0.15) is 111 Å². The van der Waals surface area contributed by atoms with E-state index in [1.807, 2.05) is 29.5 Å². The number of hydrogen-bond donors (Lipinski definition) is 4. The summed E-state index contributed by atoms with van der Waals surface area (Å²) in [5, 5.41) is 21.4. The highest BCUT2D eigenvalue weighted by atomic mass is 32.5. The lowest BCUT2D eigenvalue weighted by atomic mass is 9.93. The van der Waals surface area contributed by atoms with Crippen LogP contribution in [0.15, 0.2) is 36.4 Å². The Bertz CT molecular complexity index is 2240. The van der Waals surface area contributed by atoms with Gasteiger partial charge in [-0.05, 0) is 137 Å². The van der Waals surface area contributed by atoms with Crippen molar-refractivity contribution >= 4 is 53.5 Å². The van der Waals surface area contributed by atoms with Crippen molar-refractivity contribution in [2.75, 3.05) is 88.9 Å². The highest BCUT2D eigenvalue weighted by molar-refractivity contribution is 8.09. The van der Waals surface area contributed by atoms with E-state index < -0.39 is 12.5 Å². The van der Waals surface area contributed by atoms with E-state index >= 15 is 0 Å². The monoisotopic (exact) mass is 962 g/mol. The third-order valence-electron chi connectivity index (χ3n) is 13.7. The Hall–Kier alpha value is -4.41. The first kappa shape index (κ1) is 50.5. The number of likely N-dealkylation sites (tertiary alicyclic amines) is 2. The molecule has 4 aliphatic heterocycles.